The Morgan fingerprint density at radius 2 is 1.80 bits per heavy atom. The van der Waals surface area contributed by atoms with Gasteiger partial charge < -0.3 is 9.84 Å². The van der Waals surface area contributed by atoms with Crippen molar-refractivity contribution in [3.63, 3.8) is 0 Å². The van der Waals surface area contributed by atoms with Crippen LogP contribution in [0.15, 0.2) is 0 Å². The zero-order valence-corrected chi connectivity index (χ0v) is 10.4. The fourth-order valence-electron chi connectivity index (χ4n) is 2.14. The molecule has 2 unspecified atom stereocenters. The van der Waals surface area contributed by atoms with Crippen LogP contribution < -0.4 is 0 Å². The minimum Gasteiger partial charge on any atom is -0.393 e. The normalized spacial score (nSPS) is 31.2. The molecule has 1 aliphatic rings. The summed E-state index contributed by atoms with van der Waals surface area (Å²) in [7, 11) is 0. The van der Waals surface area contributed by atoms with Crippen molar-refractivity contribution < 1.29 is 9.84 Å². The van der Waals surface area contributed by atoms with E-state index in [4.69, 9.17) is 4.74 Å². The van der Waals surface area contributed by atoms with Gasteiger partial charge in [0.2, 0.25) is 0 Å². The molecule has 0 bridgehead atoms. The average Bonchev–Trinajstić information content (AvgIpc) is 2.26. The van der Waals surface area contributed by atoms with Crippen LogP contribution in [0.25, 0.3) is 0 Å². The monoisotopic (exact) mass is 214 g/mol. The van der Waals surface area contributed by atoms with Crippen molar-refractivity contribution in [1.82, 2.24) is 0 Å². The molecule has 1 rings (SSSR count). The fraction of sp³-hybridized carbons (Fsp3) is 1.00. The maximum absolute atomic E-state index is 9.42. The summed E-state index contributed by atoms with van der Waals surface area (Å²) >= 11 is 0. The molecule has 0 heterocycles. The van der Waals surface area contributed by atoms with E-state index in [2.05, 4.69) is 20.8 Å². The van der Waals surface area contributed by atoms with E-state index in [-0.39, 0.29) is 6.10 Å². The van der Waals surface area contributed by atoms with Crippen molar-refractivity contribution in [2.75, 3.05) is 6.61 Å². The highest BCUT2D eigenvalue weighted by Crippen LogP contribution is 2.28. The highest BCUT2D eigenvalue weighted by Gasteiger charge is 2.24. The first kappa shape index (κ1) is 13.0. The largest absolute Gasteiger partial charge is 0.393 e. The number of rotatable bonds is 5. The van der Waals surface area contributed by atoms with Crippen LogP contribution in [0.5, 0.6) is 0 Å². The van der Waals surface area contributed by atoms with Gasteiger partial charge in [-0.15, -0.1) is 0 Å². The Kier molecular flexibility index (Phi) is 5.62. The lowest BCUT2D eigenvalue weighted by molar-refractivity contribution is -0.0168. The summed E-state index contributed by atoms with van der Waals surface area (Å²) in [5, 5.41) is 9.42. The summed E-state index contributed by atoms with van der Waals surface area (Å²) in [6.45, 7) is 7.51. The first-order chi connectivity index (χ1) is 7.13. The molecule has 0 amide bonds. The predicted molar refractivity (Wildman–Crippen MR) is 62.8 cm³/mol. The van der Waals surface area contributed by atoms with Crippen LogP contribution in [0.1, 0.15) is 52.9 Å². The summed E-state index contributed by atoms with van der Waals surface area (Å²) in [6.07, 6.45) is 5.68. The van der Waals surface area contributed by atoms with Crippen LogP contribution in [0, 0.1) is 11.8 Å². The van der Waals surface area contributed by atoms with Crippen molar-refractivity contribution in [2.24, 2.45) is 11.8 Å². The molecule has 1 saturated carbocycles. The van der Waals surface area contributed by atoms with Gasteiger partial charge in [0, 0.05) is 6.61 Å². The Morgan fingerprint density at radius 1 is 1.20 bits per heavy atom. The number of hydrogen-bond donors (Lipinski definition) is 1. The minimum absolute atomic E-state index is 0.0528. The highest BCUT2D eigenvalue weighted by molar-refractivity contribution is 4.75. The van der Waals surface area contributed by atoms with E-state index in [0.29, 0.717) is 17.9 Å². The first-order valence-corrected chi connectivity index (χ1v) is 6.43. The molecule has 1 aliphatic carbocycles. The van der Waals surface area contributed by atoms with Crippen molar-refractivity contribution >= 4 is 0 Å². The molecule has 0 saturated heterocycles. The number of aliphatic hydroxyl groups excluding tert-OH is 1. The second-order valence-corrected chi connectivity index (χ2v) is 5.12. The van der Waals surface area contributed by atoms with E-state index in [9.17, 15) is 5.11 Å². The second kappa shape index (κ2) is 6.49. The van der Waals surface area contributed by atoms with Gasteiger partial charge >= 0.3 is 0 Å². The Bertz CT molecular complexity index is 162. The van der Waals surface area contributed by atoms with Crippen molar-refractivity contribution in [1.29, 1.82) is 0 Å². The molecule has 2 atom stereocenters. The Labute approximate surface area is 94.0 Å². The molecule has 0 aromatic rings. The van der Waals surface area contributed by atoms with Crippen LogP contribution in [-0.4, -0.2) is 23.9 Å². The smallest absolute Gasteiger partial charge is 0.0575 e. The summed E-state index contributed by atoms with van der Waals surface area (Å²) < 4.78 is 5.89. The van der Waals surface area contributed by atoms with Crippen molar-refractivity contribution in [2.45, 2.75) is 65.1 Å². The third-order valence-electron chi connectivity index (χ3n) is 3.75. The lowest BCUT2D eigenvalue weighted by atomic mass is 9.84. The second-order valence-electron chi connectivity index (χ2n) is 5.12. The van der Waals surface area contributed by atoms with E-state index in [1.165, 1.54) is 6.42 Å². The van der Waals surface area contributed by atoms with Crippen LogP contribution in [0.4, 0.5) is 0 Å². The standard InChI is InChI=1S/C13H26O2/c1-4-10(2)9-15-11(3)12-5-7-13(14)8-6-12/h10-14H,4-9H2,1-3H3. The van der Waals surface area contributed by atoms with Crippen LogP contribution in [-0.2, 0) is 4.74 Å². The van der Waals surface area contributed by atoms with E-state index < -0.39 is 0 Å². The van der Waals surface area contributed by atoms with Gasteiger partial charge in [-0.2, -0.15) is 0 Å². The van der Waals surface area contributed by atoms with Gasteiger partial charge in [-0.3, -0.25) is 0 Å². The van der Waals surface area contributed by atoms with Gasteiger partial charge in [-0.05, 0) is 44.4 Å². The highest BCUT2D eigenvalue weighted by atomic mass is 16.5. The van der Waals surface area contributed by atoms with Gasteiger partial charge in [0.05, 0.1) is 12.2 Å². The first-order valence-electron chi connectivity index (χ1n) is 6.43. The summed E-state index contributed by atoms with van der Waals surface area (Å²) in [5.41, 5.74) is 0. The van der Waals surface area contributed by atoms with Crippen LogP contribution >= 0.6 is 0 Å². The summed E-state index contributed by atoms with van der Waals surface area (Å²) in [4.78, 5) is 0. The molecule has 0 radical (unpaired) electrons. The van der Waals surface area contributed by atoms with Gasteiger partial charge in [0.15, 0.2) is 0 Å². The molecule has 15 heavy (non-hydrogen) atoms. The minimum atomic E-state index is -0.0528. The van der Waals surface area contributed by atoms with Gasteiger partial charge in [0.25, 0.3) is 0 Å². The molecule has 0 aromatic carbocycles. The van der Waals surface area contributed by atoms with E-state index in [0.717, 1.165) is 32.3 Å². The van der Waals surface area contributed by atoms with Gasteiger partial charge in [-0.1, -0.05) is 20.3 Å². The van der Waals surface area contributed by atoms with Crippen LogP contribution in [0.2, 0.25) is 0 Å². The zero-order valence-electron chi connectivity index (χ0n) is 10.4. The molecule has 0 aromatic heterocycles. The van der Waals surface area contributed by atoms with Crippen molar-refractivity contribution in [3.8, 4) is 0 Å². The molecule has 1 N–H and O–H groups in total. The maximum Gasteiger partial charge on any atom is 0.0575 e. The number of ether oxygens (including phenoxy) is 1. The number of hydrogen-bond acceptors (Lipinski definition) is 2. The quantitative estimate of drug-likeness (QED) is 0.762. The number of aliphatic hydroxyl groups is 1. The molecular weight excluding hydrogens is 188 g/mol. The zero-order chi connectivity index (χ0) is 11.3. The molecule has 2 heteroatoms. The Hall–Kier alpha value is -0.0800. The van der Waals surface area contributed by atoms with Gasteiger partial charge in [0.1, 0.15) is 0 Å². The third-order valence-corrected chi connectivity index (χ3v) is 3.75. The molecule has 90 valence electrons. The van der Waals surface area contributed by atoms with E-state index in [1.807, 2.05) is 0 Å². The SMILES string of the molecule is CCC(C)COC(C)C1CCC(O)CC1. The van der Waals surface area contributed by atoms with Gasteiger partial charge in [-0.25, -0.2) is 0 Å². The summed E-state index contributed by atoms with van der Waals surface area (Å²) in [6, 6.07) is 0. The predicted octanol–water partition coefficient (Wildman–Crippen LogP) is 2.99. The average molecular weight is 214 g/mol. The molecular formula is C13H26O2. The van der Waals surface area contributed by atoms with E-state index >= 15 is 0 Å². The molecule has 1 fully saturated rings. The van der Waals surface area contributed by atoms with Crippen LogP contribution in [0.3, 0.4) is 0 Å². The van der Waals surface area contributed by atoms with E-state index in [1.54, 1.807) is 0 Å². The topological polar surface area (TPSA) is 29.5 Å². The Balaban J connectivity index is 2.19. The summed E-state index contributed by atoms with van der Waals surface area (Å²) in [5.74, 6) is 1.33. The van der Waals surface area contributed by atoms with Crippen molar-refractivity contribution in [3.05, 3.63) is 0 Å². The third kappa shape index (κ3) is 4.52. The lowest BCUT2D eigenvalue weighted by Crippen LogP contribution is -2.28. The fourth-order valence-corrected chi connectivity index (χ4v) is 2.14. The molecule has 0 spiro atoms. The lowest BCUT2D eigenvalue weighted by Gasteiger charge is -2.30. The molecule has 2 nitrogen and oxygen atoms in total. The molecule has 0 aliphatic heterocycles. The maximum atomic E-state index is 9.42. The Morgan fingerprint density at radius 3 is 2.33 bits per heavy atom.